The molecule has 0 N–H and O–H groups in total. The Morgan fingerprint density at radius 2 is 1.47 bits per heavy atom. The first-order valence-electron chi connectivity index (χ1n) is 11.4. The molecular weight excluding hydrogens is 394 g/mol. The van der Waals surface area contributed by atoms with Gasteiger partial charge in [0.25, 0.3) is 0 Å². The summed E-state index contributed by atoms with van der Waals surface area (Å²) in [5.74, 6) is 0.200. The number of nitrogens with zero attached hydrogens (tertiary/aromatic N) is 1. The van der Waals surface area contributed by atoms with Crippen LogP contribution in [0.1, 0.15) is 28.5 Å². The summed E-state index contributed by atoms with van der Waals surface area (Å²) in [6.45, 7) is 2.38. The van der Waals surface area contributed by atoms with E-state index in [9.17, 15) is 4.79 Å². The van der Waals surface area contributed by atoms with Crippen molar-refractivity contribution in [3.63, 3.8) is 0 Å². The average Bonchev–Trinajstić information content (AvgIpc) is 3.24. The molecule has 0 aromatic heterocycles. The van der Waals surface area contributed by atoms with Gasteiger partial charge in [-0.25, -0.2) is 0 Å². The summed E-state index contributed by atoms with van der Waals surface area (Å²) in [6.07, 6.45) is 4.58. The number of hydrogen-bond acceptors (Lipinski definition) is 3. The zero-order valence-electron chi connectivity index (χ0n) is 18.4. The zero-order valence-corrected chi connectivity index (χ0v) is 18.4. The molecule has 1 aliphatic heterocycles. The molecule has 1 aliphatic carbocycles. The summed E-state index contributed by atoms with van der Waals surface area (Å²) in [5, 5.41) is 0. The van der Waals surface area contributed by atoms with Crippen LogP contribution in [0.2, 0.25) is 0 Å². The number of carbonyl (C=O) groups excluding carboxylic acids is 1. The Bertz CT molecular complexity index is 1080. The topological polar surface area (TPSA) is 29.5 Å². The Hall–Kier alpha value is -3.17. The van der Waals surface area contributed by atoms with Crippen molar-refractivity contribution in [2.75, 3.05) is 20.2 Å². The van der Waals surface area contributed by atoms with Gasteiger partial charge in [-0.2, -0.15) is 0 Å². The Morgan fingerprint density at radius 1 is 0.875 bits per heavy atom. The molecule has 0 spiro atoms. The predicted molar refractivity (Wildman–Crippen MR) is 127 cm³/mol. The number of likely N-dealkylation sites (tertiary alicyclic amines) is 1. The lowest BCUT2D eigenvalue weighted by molar-refractivity contribution is -0.156. The predicted octanol–water partition coefficient (Wildman–Crippen LogP) is 5.42. The Kier molecular flexibility index (Phi) is 5.67. The van der Waals surface area contributed by atoms with Gasteiger partial charge in [0.1, 0.15) is 0 Å². The molecule has 3 nitrogen and oxygen atoms in total. The third-order valence-corrected chi connectivity index (χ3v) is 7.26. The van der Waals surface area contributed by atoms with Crippen molar-refractivity contribution in [2.24, 2.45) is 11.3 Å². The maximum atomic E-state index is 13.6. The van der Waals surface area contributed by atoms with Crippen molar-refractivity contribution in [3.05, 3.63) is 120 Å². The molecule has 5 rings (SSSR count). The van der Waals surface area contributed by atoms with E-state index in [1.165, 1.54) is 23.8 Å². The third-order valence-electron chi connectivity index (χ3n) is 7.26. The summed E-state index contributed by atoms with van der Waals surface area (Å²) in [4.78, 5) is 16.1. The normalized spacial score (nSPS) is 27.1. The second kappa shape index (κ2) is 8.76. The molecule has 4 unspecified atom stereocenters. The highest BCUT2D eigenvalue weighted by Gasteiger charge is 2.60. The van der Waals surface area contributed by atoms with Crippen LogP contribution in [0.4, 0.5) is 0 Å². The van der Waals surface area contributed by atoms with Gasteiger partial charge in [0.05, 0.1) is 12.5 Å². The second-order valence-electron chi connectivity index (χ2n) is 9.00. The molecule has 0 bridgehead atoms. The van der Waals surface area contributed by atoms with E-state index in [2.05, 4.69) is 89.8 Å². The minimum atomic E-state index is -0.625. The van der Waals surface area contributed by atoms with Gasteiger partial charge < -0.3 is 4.74 Å². The summed E-state index contributed by atoms with van der Waals surface area (Å²) in [7, 11) is 1.53. The lowest BCUT2D eigenvalue weighted by atomic mass is 9.58. The SMILES string of the molecule is COC(=O)C12CN(Cc3ccccc3)CC1C(c1ccccc1)C=CC2c1ccccc1. The average molecular weight is 424 g/mol. The lowest BCUT2D eigenvalue weighted by Crippen LogP contribution is -2.48. The summed E-state index contributed by atoms with van der Waals surface area (Å²) in [6, 6.07) is 31.5. The minimum absolute atomic E-state index is 0.0121. The monoisotopic (exact) mass is 423 g/mol. The lowest BCUT2D eigenvalue weighted by Gasteiger charge is -2.44. The number of carbonyl (C=O) groups is 1. The van der Waals surface area contributed by atoms with Gasteiger partial charge in [-0.1, -0.05) is 103 Å². The molecule has 162 valence electrons. The van der Waals surface area contributed by atoms with Crippen LogP contribution in [0, 0.1) is 11.3 Å². The molecule has 3 aromatic rings. The molecule has 32 heavy (non-hydrogen) atoms. The maximum Gasteiger partial charge on any atom is 0.314 e. The smallest absolute Gasteiger partial charge is 0.314 e. The highest BCUT2D eigenvalue weighted by Crippen LogP contribution is 2.57. The van der Waals surface area contributed by atoms with Crippen molar-refractivity contribution < 1.29 is 9.53 Å². The fourth-order valence-electron chi connectivity index (χ4n) is 5.88. The van der Waals surface area contributed by atoms with E-state index in [0.29, 0.717) is 6.54 Å². The van der Waals surface area contributed by atoms with Gasteiger partial charge in [-0.3, -0.25) is 9.69 Å². The van der Waals surface area contributed by atoms with E-state index < -0.39 is 5.41 Å². The Morgan fingerprint density at radius 3 is 2.09 bits per heavy atom. The number of esters is 1. The van der Waals surface area contributed by atoms with Crippen LogP contribution in [-0.4, -0.2) is 31.1 Å². The van der Waals surface area contributed by atoms with Gasteiger partial charge >= 0.3 is 5.97 Å². The molecule has 0 saturated carbocycles. The van der Waals surface area contributed by atoms with Crippen LogP contribution in [0.5, 0.6) is 0 Å². The van der Waals surface area contributed by atoms with E-state index in [0.717, 1.165) is 13.1 Å². The molecule has 1 heterocycles. The molecule has 1 saturated heterocycles. The number of fused-ring (bicyclic) bond motifs is 1. The molecule has 3 heteroatoms. The molecule has 0 radical (unpaired) electrons. The molecule has 4 atom stereocenters. The molecule has 0 amide bonds. The van der Waals surface area contributed by atoms with E-state index >= 15 is 0 Å². The highest BCUT2D eigenvalue weighted by atomic mass is 16.5. The Balaban J connectivity index is 1.61. The maximum absolute atomic E-state index is 13.6. The van der Waals surface area contributed by atoms with E-state index in [1.807, 2.05) is 18.2 Å². The summed E-state index contributed by atoms with van der Waals surface area (Å²) >= 11 is 0. The van der Waals surface area contributed by atoms with E-state index in [4.69, 9.17) is 4.74 Å². The number of allylic oxidation sites excluding steroid dienone is 2. The van der Waals surface area contributed by atoms with Gasteiger partial charge in [-0.05, 0) is 16.7 Å². The first-order valence-corrected chi connectivity index (χ1v) is 11.4. The Labute approximate surface area is 190 Å². The van der Waals surface area contributed by atoms with E-state index in [1.54, 1.807) is 0 Å². The first kappa shape index (κ1) is 20.7. The fourth-order valence-corrected chi connectivity index (χ4v) is 5.88. The minimum Gasteiger partial charge on any atom is -0.469 e. The molecule has 1 fully saturated rings. The highest BCUT2D eigenvalue weighted by molar-refractivity contribution is 5.81. The fraction of sp³-hybridized carbons (Fsp3) is 0.276. The van der Waals surface area contributed by atoms with Crippen LogP contribution >= 0.6 is 0 Å². The first-order chi connectivity index (χ1) is 15.7. The second-order valence-corrected chi connectivity index (χ2v) is 9.00. The van der Waals surface area contributed by atoms with Crippen LogP contribution in [-0.2, 0) is 16.1 Å². The number of ether oxygens (including phenoxy) is 1. The standard InChI is InChI=1S/C29H29NO2/c1-32-28(31)29-21-30(19-22-11-5-2-6-12-22)20-27(29)25(23-13-7-3-8-14-23)17-18-26(29)24-15-9-4-10-16-24/h2-18,25-27H,19-21H2,1H3. The van der Waals surface area contributed by atoms with Crippen molar-refractivity contribution in [3.8, 4) is 0 Å². The molecule has 2 aliphatic rings. The van der Waals surface area contributed by atoms with Crippen LogP contribution < -0.4 is 0 Å². The molecule has 3 aromatic carbocycles. The van der Waals surface area contributed by atoms with Gasteiger partial charge in [-0.15, -0.1) is 0 Å². The number of hydrogen-bond donors (Lipinski definition) is 0. The zero-order chi connectivity index (χ0) is 22.0. The van der Waals surface area contributed by atoms with Crippen LogP contribution in [0.3, 0.4) is 0 Å². The van der Waals surface area contributed by atoms with Crippen molar-refractivity contribution in [2.45, 2.75) is 18.4 Å². The van der Waals surface area contributed by atoms with Gasteiger partial charge in [0.2, 0.25) is 0 Å². The third kappa shape index (κ3) is 3.57. The van der Waals surface area contributed by atoms with Gasteiger partial charge in [0.15, 0.2) is 0 Å². The summed E-state index contributed by atoms with van der Waals surface area (Å²) < 4.78 is 5.53. The number of methoxy groups -OCH3 is 1. The summed E-state index contributed by atoms with van der Waals surface area (Å²) in [5.41, 5.74) is 3.08. The largest absolute Gasteiger partial charge is 0.469 e. The van der Waals surface area contributed by atoms with Crippen LogP contribution in [0.15, 0.2) is 103 Å². The van der Waals surface area contributed by atoms with Crippen molar-refractivity contribution in [1.29, 1.82) is 0 Å². The van der Waals surface area contributed by atoms with Gasteiger partial charge in [0, 0.05) is 37.4 Å². The van der Waals surface area contributed by atoms with Crippen LogP contribution in [0.25, 0.3) is 0 Å². The quantitative estimate of drug-likeness (QED) is 0.406. The van der Waals surface area contributed by atoms with E-state index in [-0.39, 0.29) is 23.7 Å². The number of rotatable bonds is 5. The molecular formula is C29H29NO2. The number of benzene rings is 3. The van der Waals surface area contributed by atoms with Crippen molar-refractivity contribution >= 4 is 5.97 Å². The van der Waals surface area contributed by atoms with Crippen molar-refractivity contribution in [1.82, 2.24) is 4.90 Å².